The van der Waals surface area contributed by atoms with Gasteiger partial charge in [-0.2, -0.15) is 0 Å². The average Bonchev–Trinajstić information content (AvgIpc) is 2.66. The highest BCUT2D eigenvalue weighted by molar-refractivity contribution is 5.93. The van der Waals surface area contributed by atoms with Gasteiger partial charge in [0.1, 0.15) is 6.04 Å². The van der Waals surface area contributed by atoms with Gasteiger partial charge >= 0.3 is 0 Å². The van der Waals surface area contributed by atoms with Gasteiger partial charge in [-0.15, -0.1) is 0 Å². The van der Waals surface area contributed by atoms with Crippen LogP contribution in [-0.2, 0) is 14.4 Å². The van der Waals surface area contributed by atoms with Gasteiger partial charge in [-0.05, 0) is 25.7 Å². The van der Waals surface area contributed by atoms with Gasteiger partial charge in [-0.25, -0.2) is 5.06 Å². The Kier molecular flexibility index (Phi) is 10.7. The van der Waals surface area contributed by atoms with E-state index in [0.29, 0.717) is 36.8 Å². The smallest absolute Gasteiger partial charge is 0.246 e. The van der Waals surface area contributed by atoms with Crippen molar-refractivity contribution in [1.82, 2.24) is 15.3 Å². The molecular weight excluding hydrogens is 374 g/mol. The van der Waals surface area contributed by atoms with Crippen molar-refractivity contribution in [3.05, 3.63) is 24.7 Å². The van der Waals surface area contributed by atoms with E-state index in [2.05, 4.69) is 16.9 Å². The third-order valence-electron chi connectivity index (χ3n) is 5.00. The van der Waals surface area contributed by atoms with E-state index in [9.17, 15) is 19.6 Å². The number of nitrogens with zero attached hydrogens (tertiary/aromatic N) is 3. The molecule has 0 spiro atoms. The van der Waals surface area contributed by atoms with Gasteiger partial charge in [0.25, 0.3) is 0 Å². The molecule has 0 aromatic rings. The van der Waals surface area contributed by atoms with Crippen molar-refractivity contribution in [1.29, 1.82) is 0 Å². The first-order valence-corrected chi connectivity index (χ1v) is 9.94. The Morgan fingerprint density at radius 2 is 2.10 bits per heavy atom. The van der Waals surface area contributed by atoms with Crippen LogP contribution in [0.25, 0.3) is 0 Å². The summed E-state index contributed by atoms with van der Waals surface area (Å²) in [5.74, 6) is -0.786. The molecule has 3 amide bonds. The van der Waals surface area contributed by atoms with Crippen molar-refractivity contribution in [2.24, 2.45) is 22.6 Å². The molecule has 29 heavy (non-hydrogen) atoms. The average molecular weight is 408 g/mol. The molecule has 162 valence electrons. The maximum absolute atomic E-state index is 13.2. The van der Waals surface area contributed by atoms with E-state index >= 15 is 0 Å². The third kappa shape index (κ3) is 8.06. The highest BCUT2D eigenvalue weighted by atomic mass is 16.5. The summed E-state index contributed by atoms with van der Waals surface area (Å²) < 4.78 is 0. The van der Waals surface area contributed by atoms with E-state index in [1.54, 1.807) is 6.92 Å². The first-order chi connectivity index (χ1) is 13.8. The van der Waals surface area contributed by atoms with Gasteiger partial charge in [0.2, 0.25) is 18.2 Å². The predicted molar refractivity (Wildman–Crippen MR) is 111 cm³/mol. The highest BCUT2D eigenvalue weighted by Crippen LogP contribution is 2.33. The van der Waals surface area contributed by atoms with Gasteiger partial charge in [0.15, 0.2) is 0 Å². The monoisotopic (exact) mass is 407 g/mol. The molecule has 0 heterocycles. The van der Waals surface area contributed by atoms with E-state index in [1.807, 2.05) is 6.92 Å². The molecule has 0 aliphatic heterocycles. The molecule has 0 unspecified atom stereocenters. The van der Waals surface area contributed by atoms with Crippen molar-refractivity contribution < 1.29 is 19.6 Å². The van der Waals surface area contributed by atoms with Crippen LogP contribution in [0.3, 0.4) is 0 Å². The Labute approximate surface area is 172 Å². The molecule has 0 aromatic carbocycles. The fraction of sp³-hybridized carbons (Fsp3) is 0.600. The summed E-state index contributed by atoms with van der Waals surface area (Å²) >= 11 is 0. The summed E-state index contributed by atoms with van der Waals surface area (Å²) in [6.07, 6.45) is 8.71. The molecule has 1 aliphatic carbocycles. The number of hydrogen-bond donors (Lipinski definition) is 3. The molecule has 0 saturated heterocycles. The zero-order valence-electron chi connectivity index (χ0n) is 17.3. The van der Waals surface area contributed by atoms with Crippen LogP contribution in [0.1, 0.15) is 46.0 Å². The minimum atomic E-state index is -0.745. The number of rotatable bonds is 13. The summed E-state index contributed by atoms with van der Waals surface area (Å²) in [6.45, 7) is 7.57. The van der Waals surface area contributed by atoms with Gasteiger partial charge in [-0.1, -0.05) is 32.8 Å². The van der Waals surface area contributed by atoms with Gasteiger partial charge in [-0.3, -0.25) is 24.6 Å². The number of allylic oxidation sites excluding steroid dienone is 1. The summed E-state index contributed by atoms with van der Waals surface area (Å²) in [6, 6.07) is -0.745. The number of hydrogen-bond acceptors (Lipinski definition) is 6. The first-order valence-electron chi connectivity index (χ1n) is 9.94. The van der Waals surface area contributed by atoms with E-state index in [1.165, 1.54) is 23.5 Å². The Bertz CT molecular complexity index is 630. The maximum Gasteiger partial charge on any atom is 0.246 e. The van der Waals surface area contributed by atoms with Crippen LogP contribution in [0.15, 0.2) is 29.7 Å². The molecule has 0 radical (unpaired) electrons. The molecule has 9 nitrogen and oxygen atoms in total. The Hall–Kier alpha value is -2.68. The lowest BCUT2D eigenvalue weighted by Gasteiger charge is -2.35. The van der Waals surface area contributed by atoms with Crippen molar-refractivity contribution in [3.8, 4) is 0 Å². The molecule has 1 aliphatic rings. The topological polar surface area (TPSA) is 128 Å². The normalized spacial score (nSPS) is 16.2. The van der Waals surface area contributed by atoms with E-state index < -0.39 is 17.9 Å². The summed E-state index contributed by atoms with van der Waals surface area (Å²) in [7, 11) is 0. The minimum Gasteiger partial charge on any atom is -0.403 e. The van der Waals surface area contributed by atoms with Crippen molar-refractivity contribution >= 4 is 24.4 Å². The minimum absolute atomic E-state index is 0.0851. The van der Waals surface area contributed by atoms with Crippen molar-refractivity contribution in [2.45, 2.75) is 52.0 Å². The summed E-state index contributed by atoms with van der Waals surface area (Å²) in [5, 5.41) is 12.8. The van der Waals surface area contributed by atoms with Crippen LogP contribution in [0.5, 0.6) is 0 Å². The van der Waals surface area contributed by atoms with Gasteiger partial charge in [0.05, 0.1) is 18.2 Å². The molecule has 1 rings (SSSR count). The molecule has 4 N–H and O–H groups in total. The van der Waals surface area contributed by atoms with Crippen molar-refractivity contribution in [3.63, 3.8) is 0 Å². The fourth-order valence-electron chi connectivity index (χ4n) is 3.24. The largest absolute Gasteiger partial charge is 0.403 e. The zero-order chi connectivity index (χ0) is 21.8. The third-order valence-corrected chi connectivity index (χ3v) is 5.00. The number of carbonyl (C=O) groups is 3. The Morgan fingerprint density at radius 3 is 2.62 bits per heavy atom. The van der Waals surface area contributed by atoms with Crippen LogP contribution in [0, 0.1) is 11.8 Å². The molecular formula is C20H33N5O4. The van der Waals surface area contributed by atoms with Crippen LogP contribution in [0.4, 0.5) is 0 Å². The van der Waals surface area contributed by atoms with Crippen LogP contribution in [0.2, 0.25) is 0 Å². The van der Waals surface area contributed by atoms with Crippen LogP contribution >= 0.6 is 0 Å². The zero-order valence-corrected chi connectivity index (χ0v) is 17.3. The second-order valence-electron chi connectivity index (χ2n) is 7.30. The molecule has 1 saturated carbocycles. The number of nitrogens with one attached hydrogen (secondary N) is 1. The van der Waals surface area contributed by atoms with Gasteiger partial charge in [0, 0.05) is 25.2 Å². The SMILES string of the molecule is C=C(/C=N\C=C/N)NC(=O)[C@H](C)N(CCC)C(=O)[C@H](CC1CCC1)CN(O)C=O. The van der Waals surface area contributed by atoms with Gasteiger partial charge < -0.3 is 16.0 Å². The number of hydroxylamine groups is 2. The van der Waals surface area contributed by atoms with Crippen molar-refractivity contribution in [2.75, 3.05) is 13.1 Å². The second kappa shape index (κ2) is 12.7. The standard InChI is InChI=1S/C20H33N5O4/c1-4-10-25(16(3)19(27)23-15(2)12-22-9-8-21)20(28)18(13-24(29)14-26)11-17-6-5-7-17/h8-9,12,14,16-18,29H,2,4-7,10-11,13,21H2,1,3H3,(H,23,27)/b9-8-,22-12-/t16-,18+/m0/s1. The number of carbonyl (C=O) groups excluding carboxylic acids is 3. The van der Waals surface area contributed by atoms with E-state index in [-0.39, 0.29) is 18.1 Å². The first kappa shape index (κ1) is 24.4. The molecule has 0 aromatic heterocycles. The molecule has 9 heteroatoms. The maximum atomic E-state index is 13.2. The predicted octanol–water partition coefficient (Wildman–Crippen LogP) is 1.40. The number of aliphatic imine (C=N–C) groups is 1. The summed E-state index contributed by atoms with van der Waals surface area (Å²) in [5.41, 5.74) is 5.47. The van der Waals surface area contributed by atoms with Crippen LogP contribution in [-0.4, -0.2) is 58.7 Å². The van der Waals surface area contributed by atoms with Crippen LogP contribution < -0.4 is 11.1 Å². The second-order valence-corrected chi connectivity index (χ2v) is 7.30. The lowest BCUT2D eigenvalue weighted by atomic mass is 9.78. The number of nitrogens with two attached hydrogens (primary N) is 1. The Morgan fingerprint density at radius 1 is 1.41 bits per heavy atom. The molecule has 2 atom stereocenters. The fourth-order valence-corrected chi connectivity index (χ4v) is 3.24. The van der Waals surface area contributed by atoms with E-state index in [0.717, 1.165) is 19.3 Å². The molecule has 1 fully saturated rings. The summed E-state index contributed by atoms with van der Waals surface area (Å²) in [4.78, 5) is 42.0. The Balaban J connectivity index is 2.88. The highest BCUT2D eigenvalue weighted by Gasteiger charge is 2.34. The lowest BCUT2D eigenvalue weighted by molar-refractivity contribution is -0.159. The molecule has 0 bridgehead atoms. The van der Waals surface area contributed by atoms with E-state index in [4.69, 9.17) is 5.73 Å². The quantitative estimate of drug-likeness (QED) is 0.184. The lowest BCUT2D eigenvalue weighted by Crippen LogP contribution is -2.51. The number of amides is 3.